The molecule has 1 N–H and O–H groups in total. The van der Waals surface area contributed by atoms with Crippen LogP contribution < -0.4 is 0 Å². The minimum absolute atomic E-state index is 0.413. The standard InChI is InChI=1S/C15H21NO3/c1-16(13-6-4-10-19-11-13)9-8-12-5-2-3-7-14(12)15(17)18/h2-3,5,7,13H,4,6,8-11H2,1H3,(H,17,18). The van der Waals surface area contributed by atoms with Gasteiger partial charge in [0.05, 0.1) is 12.2 Å². The van der Waals surface area contributed by atoms with Gasteiger partial charge in [0.2, 0.25) is 0 Å². The first kappa shape index (κ1) is 14.0. The average Bonchev–Trinajstić information content (AvgIpc) is 2.46. The van der Waals surface area contributed by atoms with Gasteiger partial charge >= 0.3 is 5.97 Å². The molecule has 19 heavy (non-hydrogen) atoms. The second kappa shape index (κ2) is 6.68. The zero-order chi connectivity index (χ0) is 13.7. The Bertz CT molecular complexity index is 427. The van der Waals surface area contributed by atoms with Crippen molar-refractivity contribution in [2.45, 2.75) is 25.3 Å². The highest BCUT2D eigenvalue weighted by molar-refractivity contribution is 5.89. The van der Waals surface area contributed by atoms with E-state index in [9.17, 15) is 4.79 Å². The fraction of sp³-hybridized carbons (Fsp3) is 0.533. The molecule has 1 aliphatic heterocycles. The maximum atomic E-state index is 11.1. The Balaban J connectivity index is 1.92. The molecule has 1 aliphatic rings. The number of carboxylic acid groups (broad SMARTS) is 1. The fourth-order valence-corrected chi connectivity index (χ4v) is 2.50. The SMILES string of the molecule is CN(CCc1ccccc1C(=O)O)C1CCCOC1. The van der Waals surface area contributed by atoms with E-state index in [0.29, 0.717) is 11.6 Å². The molecule has 1 atom stereocenters. The normalized spacial score (nSPS) is 19.6. The molecule has 4 heteroatoms. The molecule has 0 spiro atoms. The summed E-state index contributed by atoms with van der Waals surface area (Å²) in [6.07, 6.45) is 3.03. The van der Waals surface area contributed by atoms with Crippen molar-refractivity contribution in [3.8, 4) is 0 Å². The highest BCUT2D eigenvalue weighted by Gasteiger charge is 2.18. The lowest BCUT2D eigenvalue weighted by Gasteiger charge is -2.31. The predicted molar refractivity (Wildman–Crippen MR) is 73.6 cm³/mol. The number of hydrogen-bond acceptors (Lipinski definition) is 3. The van der Waals surface area contributed by atoms with Gasteiger partial charge in [0.1, 0.15) is 0 Å². The van der Waals surface area contributed by atoms with Crippen LogP contribution in [-0.2, 0) is 11.2 Å². The van der Waals surface area contributed by atoms with Crippen molar-refractivity contribution in [2.75, 3.05) is 26.8 Å². The van der Waals surface area contributed by atoms with E-state index in [4.69, 9.17) is 9.84 Å². The van der Waals surface area contributed by atoms with Crippen LogP contribution in [0.3, 0.4) is 0 Å². The summed E-state index contributed by atoms with van der Waals surface area (Å²) in [5.41, 5.74) is 1.31. The van der Waals surface area contributed by atoms with Crippen LogP contribution in [0.15, 0.2) is 24.3 Å². The molecule has 1 aromatic rings. The molecule has 0 aliphatic carbocycles. The van der Waals surface area contributed by atoms with Crippen LogP contribution in [0.5, 0.6) is 0 Å². The monoisotopic (exact) mass is 263 g/mol. The molecule has 0 amide bonds. The summed E-state index contributed by atoms with van der Waals surface area (Å²) in [5, 5.41) is 9.15. The molecule has 2 rings (SSSR count). The van der Waals surface area contributed by atoms with Gasteiger partial charge in [0.25, 0.3) is 0 Å². The molecule has 0 bridgehead atoms. The van der Waals surface area contributed by atoms with Crippen molar-refractivity contribution >= 4 is 5.97 Å². The van der Waals surface area contributed by atoms with Gasteiger partial charge in [-0.05, 0) is 37.9 Å². The number of ether oxygens (including phenoxy) is 1. The van der Waals surface area contributed by atoms with Crippen LogP contribution in [0.2, 0.25) is 0 Å². The summed E-state index contributed by atoms with van der Waals surface area (Å²) < 4.78 is 5.48. The number of nitrogens with zero attached hydrogens (tertiary/aromatic N) is 1. The van der Waals surface area contributed by atoms with E-state index in [1.807, 2.05) is 12.1 Å². The molecule has 0 radical (unpaired) electrons. The van der Waals surface area contributed by atoms with E-state index < -0.39 is 5.97 Å². The number of rotatable bonds is 5. The molecule has 1 aromatic carbocycles. The smallest absolute Gasteiger partial charge is 0.335 e. The summed E-state index contributed by atoms with van der Waals surface area (Å²) in [5.74, 6) is -0.848. The third-order valence-electron chi connectivity index (χ3n) is 3.74. The van der Waals surface area contributed by atoms with Crippen molar-refractivity contribution in [3.63, 3.8) is 0 Å². The number of carboxylic acids is 1. The number of aromatic carboxylic acids is 1. The Hall–Kier alpha value is -1.39. The van der Waals surface area contributed by atoms with Gasteiger partial charge in [-0.3, -0.25) is 0 Å². The van der Waals surface area contributed by atoms with Crippen LogP contribution in [-0.4, -0.2) is 48.8 Å². The van der Waals surface area contributed by atoms with E-state index in [0.717, 1.165) is 44.6 Å². The van der Waals surface area contributed by atoms with Crippen molar-refractivity contribution in [2.24, 2.45) is 0 Å². The first-order valence-corrected chi connectivity index (χ1v) is 6.77. The molecular weight excluding hydrogens is 242 g/mol. The topological polar surface area (TPSA) is 49.8 Å². The van der Waals surface area contributed by atoms with Crippen LogP contribution in [0, 0.1) is 0 Å². The lowest BCUT2D eigenvalue weighted by molar-refractivity contribution is 0.0280. The van der Waals surface area contributed by atoms with E-state index in [1.54, 1.807) is 12.1 Å². The third kappa shape index (κ3) is 3.78. The van der Waals surface area contributed by atoms with Crippen molar-refractivity contribution in [1.29, 1.82) is 0 Å². The Labute approximate surface area is 114 Å². The van der Waals surface area contributed by atoms with Gasteiger partial charge in [-0.25, -0.2) is 4.79 Å². The highest BCUT2D eigenvalue weighted by atomic mass is 16.5. The second-order valence-electron chi connectivity index (χ2n) is 5.06. The third-order valence-corrected chi connectivity index (χ3v) is 3.74. The van der Waals surface area contributed by atoms with Crippen molar-refractivity contribution in [3.05, 3.63) is 35.4 Å². The molecule has 1 heterocycles. The summed E-state index contributed by atoms with van der Waals surface area (Å²) in [7, 11) is 2.09. The molecule has 0 saturated carbocycles. The Morgan fingerprint density at radius 3 is 2.95 bits per heavy atom. The molecule has 0 aromatic heterocycles. The second-order valence-corrected chi connectivity index (χ2v) is 5.06. The number of carbonyl (C=O) groups is 1. The molecule has 104 valence electrons. The van der Waals surface area contributed by atoms with Crippen LogP contribution in [0.4, 0.5) is 0 Å². The van der Waals surface area contributed by atoms with Crippen LogP contribution >= 0.6 is 0 Å². The first-order valence-electron chi connectivity index (χ1n) is 6.77. The van der Waals surface area contributed by atoms with E-state index in [2.05, 4.69) is 11.9 Å². The summed E-state index contributed by atoms with van der Waals surface area (Å²) in [6, 6.07) is 7.69. The number of likely N-dealkylation sites (N-methyl/N-ethyl adjacent to an activating group) is 1. The predicted octanol–water partition coefficient (Wildman–Crippen LogP) is 2.04. The molecule has 4 nitrogen and oxygen atoms in total. The minimum Gasteiger partial charge on any atom is -0.478 e. The van der Waals surface area contributed by atoms with Gasteiger partial charge in [-0.1, -0.05) is 18.2 Å². The largest absolute Gasteiger partial charge is 0.478 e. The summed E-state index contributed by atoms with van der Waals surface area (Å²) in [6.45, 7) is 2.52. The maximum absolute atomic E-state index is 11.1. The molecule has 1 saturated heterocycles. The lowest BCUT2D eigenvalue weighted by Crippen LogP contribution is -2.39. The van der Waals surface area contributed by atoms with E-state index >= 15 is 0 Å². The van der Waals surface area contributed by atoms with Gasteiger partial charge in [-0.15, -0.1) is 0 Å². The van der Waals surface area contributed by atoms with Crippen LogP contribution in [0.1, 0.15) is 28.8 Å². The minimum atomic E-state index is -0.848. The fourth-order valence-electron chi connectivity index (χ4n) is 2.50. The zero-order valence-electron chi connectivity index (χ0n) is 11.3. The summed E-state index contributed by atoms with van der Waals surface area (Å²) >= 11 is 0. The lowest BCUT2D eigenvalue weighted by atomic mass is 10.0. The maximum Gasteiger partial charge on any atom is 0.335 e. The van der Waals surface area contributed by atoms with Crippen LogP contribution in [0.25, 0.3) is 0 Å². The first-order chi connectivity index (χ1) is 9.18. The van der Waals surface area contributed by atoms with Crippen molar-refractivity contribution < 1.29 is 14.6 Å². The van der Waals surface area contributed by atoms with Crippen molar-refractivity contribution in [1.82, 2.24) is 4.90 Å². The quantitative estimate of drug-likeness (QED) is 0.883. The molecule has 1 fully saturated rings. The van der Waals surface area contributed by atoms with Gasteiger partial charge < -0.3 is 14.7 Å². The molecular formula is C15H21NO3. The highest BCUT2D eigenvalue weighted by Crippen LogP contribution is 2.14. The van der Waals surface area contributed by atoms with Gasteiger partial charge in [-0.2, -0.15) is 0 Å². The van der Waals surface area contributed by atoms with Gasteiger partial charge in [0, 0.05) is 19.2 Å². The number of hydrogen-bond donors (Lipinski definition) is 1. The Kier molecular flexibility index (Phi) is 4.93. The Morgan fingerprint density at radius 1 is 1.47 bits per heavy atom. The zero-order valence-corrected chi connectivity index (χ0v) is 11.3. The number of benzene rings is 1. The van der Waals surface area contributed by atoms with Gasteiger partial charge in [0.15, 0.2) is 0 Å². The Morgan fingerprint density at radius 2 is 2.26 bits per heavy atom. The molecule has 1 unspecified atom stereocenters. The van der Waals surface area contributed by atoms with E-state index in [-0.39, 0.29) is 0 Å². The average molecular weight is 263 g/mol. The van der Waals surface area contributed by atoms with E-state index in [1.165, 1.54) is 0 Å². The summed E-state index contributed by atoms with van der Waals surface area (Å²) in [4.78, 5) is 13.4.